The quantitative estimate of drug-likeness (QED) is 0.765. The molecule has 0 heterocycles. The van der Waals surface area contributed by atoms with Crippen LogP contribution in [0.25, 0.3) is 0 Å². The molecular weight excluding hydrogens is 243 g/mol. The first-order valence-electron chi connectivity index (χ1n) is 5.30. The zero-order valence-corrected chi connectivity index (χ0v) is 10.3. The number of unbranched alkanes of at least 4 members (excludes halogenated alkanes) is 1. The van der Waals surface area contributed by atoms with Gasteiger partial charge in [-0.15, -0.1) is 0 Å². The number of sulfonamides is 1. The molecule has 0 aliphatic heterocycles. The summed E-state index contributed by atoms with van der Waals surface area (Å²) in [6.45, 7) is 3.67. The van der Waals surface area contributed by atoms with Gasteiger partial charge in [-0.1, -0.05) is 33.1 Å². The van der Waals surface area contributed by atoms with Gasteiger partial charge in [-0.25, -0.2) is 13.1 Å². The standard InChI is InChI=1S/C9H18F3NO2S/c1-3-5-6-8(4-2)7-13-16(14,15)9(10,11)12/h8,13H,3-7H2,1-2H3. The first-order valence-corrected chi connectivity index (χ1v) is 6.78. The molecule has 1 unspecified atom stereocenters. The number of rotatable bonds is 7. The van der Waals surface area contributed by atoms with Gasteiger partial charge in [0, 0.05) is 6.54 Å². The second-order valence-corrected chi connectivity index (χ2v) is 5.47. The van der Waals surface area contributed by atoms with Crippen LogP contribution in [0.2, 0.25) is 0 Å². The Bertz CT molecular complexity index is 288. The van der Waals surface area contributed by atoms with Gasteiger partial charge in [-0.2, -0.15) is 13.2 Å². The predicted molar refractivity (Wildman–Crippen MR) is 56.3 cm³/mol. The number of nitrogens with one attached hydrogen (secondary N) is 1. The average molecular weight is 261 g/mol. The lowest BCUT2D eigenvalue weighted by Crippen LogP contribution is -2.39. The third-order valence-corrected chi connectivity index (χ3v) is 3.57. The van der Waals surface area contributed by atoms with E-state index in [2.05, 4.69) is 0 Å². The Kier molecular flexibility index (Phi) is 6.32. The zero-order valence-electron chi connectivity index (χ0n) is 9.47. The summed E-state index contributed by atoms with van der Waals surface area (Å²) in [6.07, 6.45) is 3.25. The van der Waals surface area contributed by atoms with Crippen LogP contribution in [0.3, 0.4) is 0 Å². The molecule has 0 aromatic rings. The van der Waals surface area contributed by atoms with E-state index < -0.39 is 15.5 Å². The molecule has 16 heavy (non-hydrogen) atoms. The molecule has 0 rings (SSSR count). The molecule has 7 heteroatoms. The fourth-order valence-electron chi connectivity index (χ4n) is 1.25. The SMILES string of the molecule is CCCCC(CC)CNS(=O)(=O)C(F)(F)F. The van der Waals surface area contributed by atoms with Crippen LogP contribution >= 0.6 is 0 Å². The molecule has 1 atom stereocenters. The van der Waals surface area contributed by atoms with Gasteiger partial charge in [0.25, 0.3) is 0 Å². The number of hydrogen-bond acceptors (Lipinski definition) is 2. The summed E-state index contributed by atoms with van der Waals surface area (Å²) >= 11 is 0. The normalized spacial score (nSPS) is 15.1. The van der Waals surface area contributed by atoms with E-state index in [-0.39, 0.29) is 12.5 Å². The largest absolute Gasteiger partial charge is 0.511 e. The maximum Gasteiger partial charge on any atom is 0.511 e. The highest BCUT2D eigenvalue weighted by molar-refractivity contribution is 7.90. The molecule has 0 radical (unpaired) electrons. The number of hydrogen-bond donors (Lipinski definition) is 1. The molecule has 0 bridgehead atoms. The third kappa shape index (κ3) is 5.16. The average Bonchev–Trinajstić information content (AvgIpc) is 2.16. The highest BCUT2D eigenvalue weighted by Crippen LogP contribution is 2.22. The summed E-state index contributed by atoms with van der Waals surface area (Å²) in [5.74, 6) is -0.0305. The van der Waals surface area contributed by atoms with Gasteiger partial charge in [0.05, 0.1) is 0 Å². The van der Waals surface area contributed by atoms with E-state index in [1.165, 1.54) is 0 Å². The van der Waals surface area contributed by atoms with Crippen LogP contribution in [-0.4, -0.2) is 20.5 Å². The summed E-state index contributed by atoms with van der Waals surface area (Å²) in [5, 5.41) is 0. The summed E-state index contributed by atoms with van der Waals surface area (Å²) in [7, 11) is -5.18. The smallest absolute Gasteiger partial charge is 0.207 e. The van der Waals surface area contributed by atoms with E-state index in [1.807, 2.05) is 13.8 Å². The summed E-state index contributed by atoms with van der Waals surface area (Å²) in [6, 6.07) is 0. The van der Waals surface area contributed by atoms with Crippen LogP contribution in [-0.2, 0) is 10.0 Å². The molecule has 0 aromatic carbocycles. The van der Waals surface area contributed by atoms with E-state index in [0.29, 0.717) is 6.42 Å². The summed E-state index contributed by atoms with van der Waals surface area (Å²) in [5.41, 5.74) is -5.21. The van der Waals surface area contributed by atoms with Crippen molar-refractivity contribution in [2.45, 2.75) is 45.0 Å². The Morgan fingerprint density at radius 1 is 1.25 bits per heavy atom. The second-order valence-electron chi connectivity index (χ2n) is 3.71. The summed E-state index contributed by atoms with van der Waals surface area (Å²) in [4.78, 5) is 0. The van der Waals surface area contributed by atoms with Gasteiger partial charge in [-0.05, 0) is 12.3 Å². The van der Waals surface area contributed by atoms with Gasteiger partial charge >= 0.3 is 15.5 Å². The molecule has 0 spiro atoms. The molecule has 0 saturated heterocycles. The van der Waals surface area contributed by atoms with Crippen LogP contribution in [0.15, 0.2) is 0 Å². The Morgan fingerprint density at radius 2 is 1.81 bits per heavy atom. The summed E-state index contributed by atoms with van der Waals surface area (Å²) < 4.78 is 59.0. The number of halogens is 3. The highest BCUT2D eigenvalue weighted by Gasteiger charge is 2.45. The molecule has 0 saturated carbocycles. The molecule has 0 aliphatic rings. The Hall–Kier alpha value is -0.300. The Balaban J connectivity index is 4.21. The topological polar surface area (TPSA) is 46.2 Å². The molecule has 1 N–H and O–H groups in total. The van der Waals surface area contributed by atoms with Crippen LogP contribution in [0.4, 0.5) is 13.2 Å². The van der Waals surface area contributed by atoms with Crippen LogP contribution in [0.5, 0.6) is 0 Å². The fourth-order valence-corrected chi connectivity index (χ4v) is 1.87. The molecule has 0 fully saturated rings. The van der Waals surface area contributed by atoms with Crippen molar-refractivity contribution in [3.05, 3.63) is 0 Å². The predicted octanol–water partition coefficient (Wildman–Crippen LogP) is 2.64. The maximum absolute atomic E-state index is 12.0. The van der Waals surface area contributed by atoms with Gasteiger partial charge in [0.1, 0.15) is 0 Å². The van der Waals surface area contributed by atoms with E-state index in [0.717, 1.165) is 19.3 Å². The molecule has 0 aliphatic carbocycles. The number of alkyl halides is 3. The van der Waals surface area contributed by atoms with Gasteiger partial charge in [-0.3, -0.25) is 0 Å². The highest BCUT2D eigenvalue weighted by atomic mass is 32.2. The molecular formula is C9H18F3NO2S. The van der Waals surface area contributed by atoms with Crippen LogP contribution in [0.1, 0.15) is 39.5 Å². The van der Waals surface area contributed by atoms with Crippen molar-refractivity contribution in [2.24, 2.45) is 5.92 Å². The lowest BCUT2D eigenvalue weighted by molar-refractivity contribution is -0.0448. The van der Waals surface area contributed by atoms with Gasteiger partial charge in [0.15, 0.2) is 0 Å². The van der Waals surface area contributed by atoms with Gasteiger partial charge in [0.2, 0.25) is 0 Å². The minimum Gasteiger partial charge on any atom is -0.207 e. The lowest BCUT2D eigenvalue weighted by Gasteiger charge is -2.16. The first-order chi connectivity index (χ1) is 7.24. The van der Waals surface area contributed by atoms with Crippen molar-refractivity contribution in [3.63, 3.8) is 0 Å². The van der Waals surface area contributed by atoms with Crippen LogP contribution < -0.4 is 4.72 Å². The minimum absolute atomic E-state index is 0.0305. The first kappa shape index (κ1) is 15.7. The van der Waals surface area contributed by atoms with E-state index >= 15 is 0 Å². The van der Waals surface area contributed by atoms with Crippen molar-refractivity contribution in [3.8, 4) is 0 Å². The van der Waals surface area contributed by atoms with Crippen molar-refractivity contribution >= 4 is 10.0 Å². The van der Waals surface area contributed by atoms with Crippen LogP contribution in [0, 0.1) is 5.92 Å². The zero-order chi connectivity index (χ0) is 12.8. The minimum atomic E-state index is -5.21. The monoisotopic (exact) mass is 261 g/mol. The van der Waals surface area contributed by atoms with Crippen molar-refractivity contribution in [2.75, 3.05) is 6.54 Å². The molecule has 0 amide bonds. The van der Waals surface area contributed by atoms with Crippen molar-refractivity contribution in [1.82, 2.24) is 4.72 Å². The fraction of sp³-hybridized carbons (Fsp3) is 1.00. The molecule has 3 nitrogen and oxygen atoms in total. The van der Waals surface area contributed by atoms with Gasteiger partial charge < -0.3 is 0 Å². The maximum atomic E-state index is 12.0. The van der Waals surface area contributed by atoms with E-state index in [9.17, 15) is 21.6 Å². The third-order valence-electron chi connectivity index (χ3n) is 2.41. The molecule has 98 valence electrons. The van der Waals surface area contributed by atoms with Crippen molar-refractivity contribution < 1.29 is 21.6 Å². The second kappa shape index (κ2) is 6.44. The van der Waals surface area contributed by atoms with Crippen molar-refractivity contribution in [1.29, 1.82) is 0 Å². The molecule has 0 aromatic heterocycles. The van der Waals surface area contributed by atoms with E-state index in [4.69, 9.17) is 0 Å². The van der Waals surface area contributed by atoms with E-state index in [1.54, 1.807) is 4.72 Å². The Morgan fingerprint density at radius 3 is 2.19 bits per heavy atom. The Labute approximate surface area is 94.5 Å². The lowest BCUT2D eigenvalue weighted by atomic mass is 10.00.